The van der Waals surface area contributed by atoms with Crippen LogP contribution in [-0.2, 0) is 11.3 Å². The molecule has 0 spiro atoms. The number of hydrogen-bond acceptors (Lipinski definition) is 5. The molecule has 32 heavy (non-hydrogen) atoms. The number of anilines is 1. The van der Waals surface area contributed by atoms with E-state index in [1.165, 1.54) is 25.9 Å². The molecule has 0 atom stereocenters. The lowest BCUT2D eigenvalue weighted by molar-refractivity contribution is -0.122. The van der Waals surface area contributed by atoms with Crippen molar-refractivity contribution in [3.63, 3.8) is 0 Å². The molecule has 1 aromatic heterocycles. The largest absolute Gasteiger partial charge is 0.367 e. The first-order valence-electron chi connectivity index (χ1n) is 12.3. The van der Waals surface area contributed by atoms with E-state index < -0.39 is 0 Å². The van der Waals surface area contributed by atoms with E-state index in [1.54, 1.807) is 4.57 Å². The van der Waals surface area contributed by atoms with Crippen molar-refractivity contribution in [3.8, 4) is 0 Å². The van der Waals surface area contributed by atoms with Crippen LogP contribution in [0.5, 0.6) is 0 Å². The Bertz CT molecular complexity index is 1050. The fourth-order valence-electron chi connectivity index (χ4n) is 5.79. The summed E-state index contributed by atoms with van der Waals surface area (Å²) in [6, 6.07) is 6.75. The van der Waals surface area contributed by atoms with Crippen molar-refractivity contribution < 1.29 is 4.79 Å². The second kappa shape index (κ2) is 8.85. The molecule has 172 valence electrons. The van der Waals surface area contributed by atoms with Crippen molar-refractivity contribution in [1.29, 1.82) is 0 Å². The molecule has 7 heteroatoms. The van der Waals surface area contributed by atoms with Crippen LogP contribution in [0.25, 0.3) is 10.9 Å². The Balaban J connectivity index is 1.56. The van der Waals surface area contributed by atoms with Gasteiger partial charge in [0.1, 0.15) is 12.4 Å². The summed E-state index contributed by atoms with van der Waals surface area (Å²) in [5.41, 5.74) is 1.78. The van der Waals surface area contributed by atoms with E-state index in [0.29, 0.717) is 11.4 Å². The minimum absolute atomic E-state index is 0.0390. The average molecular weight is 438 g/mol. The van der Waals surface area contributed by atoms with Crippen LogP contribution in [0.4, 0.5) is 5.69 Å². The highest BCUT2D eigenvalue weighted by Crippen LogP contribution is 2.34. The van der Waals surface area contributed by atoms with Gasteiger partial charge in [0, 0.05) is 49.9 Å². The van der Waals surface area contributed by atoms with Crippen LogP contribution < -0.4 is 15.8 Å². The molecule has 7 nitrogen and oxygen atoms in total. The fourth-order valence-corrected chi connectivity index (χ4v) is 5.79. The van der Waals surface area contributed by atoms with E-state index in [-0.39, 0.29) is 30.0 Å². The zero-order valence-electron chi connectivity index (χ0n) is 19.3. The van der Waals surface area contributed by atoms with Gasteiger partial charge < -0.3 is 15.1 Å². The smallest absolute Gasteiger partial charge is 0.261 e. The Morgan fingerprint density at radius 1 is 1.09 bits per heavy atom. The van der Waals surface area contributed by atoms with E-state index in [9.17, 15) is 9.59 Å². The Labute approximate surface area is 189 Å². The number of benzene rings is 1. The topological polar surface area (TPSA) is 70.5 Å². The third-order valence-electron chi connectivity index (χ3n) is 7.43. The van der Waals surface area contributed by atoms with Gasteiger partial charge in [-0.25, -0.2) is 4.98 Å². The van der Waals surface area contributed by atoms with Crippen molar-refractivity contribution in [2.45, 2.75) is 76.9 Å². The van der Waals surface area contributed by atoms with Crippen LogP contribution in [0.2, 0.25) is 0 Å². The van der Waals surface area contributed by atoms with Crippen LogP contribution in [-0.4, -0.2) is 58.6 Å². The first-order chi connectivity index (χ1) is 15.5. The van der Waals surface area contributed by atoms with Gasteiger partial charge in [0.15, 0.2) is 0 Å². The highest BCUT2D eigenvalue weighted by molar-refractivity contribution is 5.83. The number of piperidine rings is 1. The number of nitrogens with one attached hydrogen (secondary N) is 1. The summed E-state index contributed by atoms with van der Waals surface area (Å²) in [7, 11) is 0. The maximum absolute atomic E-state index is 13.7. The first-order valence-corrected chi connectivity index (χ1v) is 12.3. The number of carbonyl (C=O) groups excluding carboxylic acids is 1. The van der Waals surface area contributed by atoms with E-state index in [4.69, 9.17) is 4.98 Å². The van der Waals surface area contributed by atoms with Gasteiger partial charge in [0.25, 0.3) is 5.56 Å². The summed E-state index contributed by atoms with van der Waals surface area (Å²) >= 11 is 0. The molecule has 0 radical (unpaired) electrons. The van der Waals surface area contributed by atoms with Crippen molar-refractivity contribution in [2.75, 3.05) is 31.1 Å². The van der Waals surface area contributed by atoms with Crippen LogP contribution >= 0.6 is 0 Å². The lowest BCUT2D eigenvalue weighted by atomic mass is 10.0. The maximum Gasteiger partial charge on any atom is 0.261 e. The quantitative estimate of drug-likeness (QED) is 0.779. The Hall–Kier alpha value is -2.41. The van der Waals surface area contributed by atoms with Gasteiger partial charge in [-0.2, -0.15) is 0 Å². The van der Waals surface area contributed by atoms with Gasteiger partial charge in [-0.05, 0) is 57.7 Å². The number of aromatic nitrogens is 2. The van der Waals surface area contributed by atoms with E-state index in [2.05, 4.69) is 21.2 Å². The lowest BCUT2D eigenvalue weighted by Crippen LogP contribution is -2.38. The summed E-state index contributed by atoms with van der Waals surface area (Å²) < 4.78 is 1.65. The number of rotatable bonds is 5. The van der Waals surface area contributed by atoms with Crippen molar-refractivity contribution in [2.24, 2.45) is 0 Å². The number of nitrogens with zero attached hydrogens (tertiary/aromatic N) is 4. The second-order valence-corrected chi connectivity index (χ2v) is 10.0. The number of amides is 1. The standard InChI is InChI=1S/C25H35N5O2/c1-17(2)26-23(31)16-30-24(18-5-3-4-6-18)27-22-8-7-20(15-21(22)25(30)32)29-14-13-28-11-9-19(29)10-12-28/h7-8,15,17-19H,3-6,9-14,16H2,1-2H3,(H,26,31). The molecule has 0 unspecified atom stereocenters. The van der Waals surface area contributed by atoms with Gasteiger partial charge >= 0.3 is 0 Å². The number of fused-ring (bicyclic) bond motifs is 5. The van der Waals surface area contributed by atoms with Crippen LogP contribution in [0.15, 0.2) is 23.0 Å². The molecular weight excluding hydrogens is 402 g/mol. The molecule has 6 rings (SSSR count). The minimum Gasteiger partial charge on any atom is -0.367 e. The van der Waals surface area contributed by atoms with Crippen molar-refractivity contribution >= 4 is 22.5 Å². The third-order valence-corrected chi connectivity index (χ3v) is 7.43. The van der Waals surface area contributed by atoms with Crippen LogP contribution in [0.3, 0.4) is 0 Å². The Kier molecular flexibility index (Phi) is 5.93. The normalized spacial score (nSPS) is 23.8. The monoisotopic (exact) mass is 437 g/mol. The van der Waals surface area contributed by atoms with Crippen molar-refractivity contribution in [3.05, 3.63) is 34.4 Å². The average Bonchev–Trinajstić information content (AvgIpc) is 3.15. The van der Waals surface area contributed by atoms with Crippen LogP contribution in [0, 0.1) is 0 Å². The SMILES string of the molecule is CC(C)NC(=O)Cn1c(C2CCCC2)nc2ccc(N3CCN4CCC3CC4)cc2c1=O. The molecule has 4 aliphatic rings. The van der Waals surface area contributed by atoms with E-state index in [0.717, 1.165) is 55.8 Å². The van der Waals surface area contributed by atoms with Crippen molar-refractivity contribution in [1.82, 2.24) is 19.8 Å². The van der Waals surface area contributed by atoms with E-state index in [1.807, 2.05) is 26.0 Å². The summed E-state index contributed by atoms with van der Waals surface area (Å²) in [6.45, 7) is 8.32. The zero-order chi connectivity index (χ0) is 22.2. The summed E-state index contributed by atoms with van der Waals surface area (Å²) in [5.74, 6) is 0.916. The van der Waals surface area contributed by atoms with Crippen LogP contribution in [0.1, 0.15) is 64.1 Å². The highest BCUT2D eigenvalue weighted by atomic mass is 16.2. The predicted molar refractivity (Wildman–Crippen MR) is 127 cm³/mol. The maximum atomic E-state index is 13.7. The lowest BCUT2D eigenvalue weighted by Gasteiger charge is -2.33. The molecule has 4 fully saturated rings. The molecule has 1 amide bonds. The molecule has 2 bridgehead atoms. The molecule has 1 saturated carbocycles. The zero-order valence-corrected chi connectivity index (χ0v) is 19.3. The van der Waals surface area contributed by atoms with Gasteiger partial charge in [-0.15, -0.1) is 0 Å². The molecule has 1 aliphatic carbocycles. The van der Waals surface area contributed by atoms with Gasteiger partial charge in [0.2, 0.25) is 5.91 Å². The summed E-state index contributed by atoms with van der Waals surface area (Å²) in [4.78, 5) is 36.3. The molecule has 1 aromatic carbocycles. The molecule has 3 saturated heterocycles. The molecule has 4 heterocycles. The summed E-state index contributed by atoms with van der Waals surface area (Å²) in [6.07, 6.45) is 6.74. The molecular formula is C25H35N5O2. The first kappa shape index (κ1) is 21.4. The fraction of sp³-hybridized carbons (Fsp3) is 0.640. The Morgan fingerprint density at radius 2 is 1.84 bits per heavy atom. The molecule has 2 aromatic rings. The van der Waals surface area contributed by atoms with Gasteiger partial charge in [-0.3, -0.25) is 14.2 Å². The highest BCUT2D eigenvalue weighted by Gasteiger charge is 2.30. The number of carbonyl (C=O) groups is 1. The predicted octanol–water partition coefficient (Wildman–Crippen LogP) is 2.86. The van der Waals surface area contributed by atoms with Gasteiger partial charge in [-0.1, -0.05) is 12.8 Å². The Morgan fingerprint density at radius 3 is 2.56 bits per heavy atom. The second-order valence-electron chi connectivity index (χ2n) is 10.0. The number of hydrogen-bond donors (Lipinski definition) is 1. The summed E-state index contributed by atoms with van der Waals surface area (Å²) in [5, 5.41) is 3.56. The molecule has 3 aliphatic heterocycles. The third kappa shape index (κ3) is 4.15. The minimum atomic E-state index is -0.128. The van der Waals surface area contributed by atoms with E-state index >= 15 is 0 Å². The molecule has 1 N–H and O–H groups in total. The van der Waals surface area contributed by atoms with Gasteiger partial charge in [0.05, 0.1) is 10.9 Å².